The van der Waals surface area contributed by atoms with Gasteiger partial charge in [-0.1, -0.05) is 66.9 Å². The van der Waals surface area contributed by atoms with Gasteiger partial charge in [0.05, 0.1) is 12.1 Å². The molecule has 2 aromatic carbocycles. The Kier molecular flexibility index (Phi) is 6.55. The molecule has 5 rings (SSSR count). The van der Waals surface area contributed by atoms with Crippen LogP contribution in [0.15, 0.2) is 52.4 Å². The molecule has 2 aromatic rings. The standard InChI is InChI=1S/C27H30N4O2S/c1-17-12-13-19(18(2)14-17)16-34-27-30-22-11-7-6-10-21(22)25-29-23(26(33)31(25)27)15-24(32)28-20-8-4-3-5-9-20/h6-7,10-14,20,23H,3-5,8-9,15-16H2,1-2H3,(H,28,32)/t23-/m0/s1. The van der Waals surface area contributed by atoms with Crippen LogP contribution in [0.5, 0.6) is 0 Å². The molecule has 0 aromatic heterocycles. The third kappa shape index (κ3) is 4.67. The molecule has 34 heavy (non-hydrogen) atoms. The van der Waals surface area contributed by atoms with Crippen LogP contribution in [0.1, 0.15) is 60.8 Å². The van der Waals surface area contributed by atoms with Crippen molar-refractivity contribution >= 4 is 40.3 Å². The Hall–Kier alpha value is -2.93. The molecule has 0 bridgehead atoms. The number of amidine groups is 2. The Bertz CT molecular complexity index is 1180. The highest BCUT2D eigenvalue weighted by atomic mass is 32.2. The fourth-order valence-electron chi connectivity index (χ4n) is 4.89. The Morgan fingerprint density at radius 3 is 2.71 bits per heavy atom. The number of hydrogen-bond acceptors (Lipinski definition) is 5. The quantitative estimate of drug-likeness (QED) is 0.660. The Labute approximate surface area is 204 Å². The third-order valence-electron chi connectivity index (χ3n) is 6.75. The number of thioether (sulfide) groups is 1. The highest BCUT2D eigenvalue weighted by molar-refractivity contribution is 8.13. The van der Waals surface area contributed by atoms with E-state index in [4.69, 9.17) is 9.98 Å². The molecule has 1 saturated carbocycles. The lowest BCUT2D eigenvalue weighted by Gasteiger charge is -2.26. The van der Waals surface area contributed by atoms with E-state index in [1.807, 2.05) is 24.3 Å². The average molecular weight is 475 g/mol. The molecule has 0 unspecified atom stereocenters. The molecular formula is C27H30N4O2S. The van der Waals surface area contributed by atoms with Crippen molar-refractivity contribution in [3.8, 4) is 0 Å². The summed E-state index contributed by atoms with van der Waals surface area (Å²) >= 11 is 1.54. The minimum atomic E-state index is -0.711. The van der Waals surface area contributed by atoms with Crippen LogP contribution in [-0.4, -0.2) is 39.8 Å². The number of aliphatic imine (C=N–C) groups is 2. The largest absolute Gasteiger partial charge is 0.353 e. The van der Waals surface area contributed by atoms with Crippen LogP contribution in [0.3, 0.4) is 0 Å². The summed E-state index contributed by atoms with van der Waals surface area (Å²) in [4.78, 5) is 37.4. The molecule has 1 N–H and O–H groups in total. The first kappa shape index (κ1) is 22.8. The zero-order valence-corrected chi connectivity index (χ0v) is 20.5. The maximum Gasteiger partial charge on any atom is 0.259 e. The first-order valence-corrected chi connectivity index (χ1v) is 13.1. The minimum absolute atomic E-state index is 0.0759. The highest BCUT2D eigenvalue weighted by Crippen LogP contribution is 2.35. The molecule has 2 aliphatic heterocycles. The van der Waals surface area contributed by atoms with Crippen LogP contribution in [0, 0.1) is 13.8 Å². The Morgan fingerprint density at radius 2 is 1.91 bits per heavy atom. The predicted octanol–water partition coefficient (Wildman–Crippen LogP) is 5.03. The van der Waals surface area contributed by atoms with Gasteiger partial charge in [-0.2, -0.15) is 0 Å². The smallest absolute Gasteiger partial charge is 0.259 e. The molecule has 0 radical (unpaired) electrons. The number of benzene rings is 2. The van der Waals surface area contributed by atoms with E-state index in [-0.39, 0.29) is 24.3 Å². The fraction of sp³-hybridized carbons (Fsp3) is 0.407. The van der Waals surface area contributed by atoms with Gasteiger partial charge in [0, 0.05) is 17.4 Å². The van der Waals surface area contributed by atoms with Crippen molar-refractivity contribution < 1.29 is 9.59 Å². The average Bonchev–Trinajstić information content (AvgIpc) is 3.15. The molecular weight excluding hydrogens is 444 g/mol. The number of rotatable bonds is 5. The van der Waals surface area contributed by atoms with Crippen molar-refractivity contribution in [3.63, 3.8) is 0 Å². The van der Waals surface area contributed by atoms with Gasteiger partial charge in [0.2, 0.25) is 5.91 Å². The summed E-state index contributed by atoms with van der Waals surface area (Å²) < 4.78 is 0. The summed E-state index contributed by atoms with van der Waals surface area (Å²) in [6.45, 7) is 4.19. The lowest BCUT2D eigenvalue weighted by atomic mass is 9.95. The van der Waals surface area contributed by atoms with Gasteiger partial charge in [-0.3, -0.25) is 14.6 Å². The summed E-state index contributed by atoms with van der Waals surface area (Å²) in [7, 11) is 0. The number of para-hydroxylation sites is 1. The number of carbonyl (C=O) groups excluding carboxylic acids is 2. The molecule has 3 aliphatic rings. The summed E-state index contributed by atoms with van der Waals surface area (Å²) in [6, 6.07) is 13.7. The van der Waals surface area contributed by atoms with Gasteiger partial charge >= 0.3 is 0 Å². The van der Waals surface area contributed by atoms with Gasteiger partial charge in [-0.05, 0) is 49.9 Å². The van der Waals surface area contributed by atoms with Crippen LogP contribution >= 0.6 is 11.8 Å². The number of aryl methyl sites for hydroxylation is 2. The maximum atomic E-state index is 13.4. The fourth-order valence-corrected chi connectivity index (χ4v) is 5.97. The van der Waals surface area contributed by atoms with Crippen LogP contribution in [-0.2, 0) is 15.3 Å². The molecule has 176 valence electrons. The van der Waals surface area contributed by atoms with E-state index >= 15 is 0 Å². The van der Waals surface area contributed by atoms with Crippen molar-refractivity contribution in [2.75, 3.05) is 0 Å². The second-order valence-corrected chi connectivity index (χ2v) is 10.3. The normalized spacial score (nSPS) is 19.9. The van der Waals surface area contributed by atoms with Gasteiger partial charge in [-0.15, -0.1) is 0 Å². The second kappa shape index (κ2) is 9.74. The Balaban J connectivity index is 1.36. The van der Waals surface area contributed by atoms with E-state index in [1.54, 1.807) is 4.90 Å². The molecule has 0 spiro atoms. The summed E-state index contributed by atoms with van der Waals surface area (Å²) in [5.74, 6) is 1.05. The van der Waals surface area contributed by atoms with Gasteiger partial charge in [0.1, 0.15) is 11.9 Å². The minimum Gasteiger partial charge on any atom is -0.353 e. The number of nitrogens with zero attached hydrogens (tertiary/aromatic N) is 3. The van der Waals surface area contributed by atoms with Crippen molar-refractivity contribution in [3.05, 3.63) is 64.7 Å². The van der Waals surface area contributed by atoms with Crippen molar-refractivity contribution in [1.29, 1.82) is 0 Å². The van der Waals surface area contributed by atoms with Crippen LogP contribution < -0.4 is 5.32 Å². The van der Waals surface area contributed by atoms with Crippen molar-refractivity contribution in [2.24, 2.45) is 9.98 Å². The first-order chi connectivity index (χ1) is 16.5. The predicted molar refractivity (Wildman–Crippen MR) is 138 cm³/mol. The van der Waals surface area contributed by atoms with E-state index in [0.717, 1.165) is 36.9 Å². The zero-order valence-electron chi connectivity index (χ0n) is 19.7. The van der Waals surface area contributed by atoms with Crippen LogP contribution in [0.2, 0.25) is 0 Å². The number of fused-ring (bicyclic) bond motifs is 3. The zero-order chi connectivity index (χ0) is 23.7. The number of carbonyl (C=O) groups is 2. The van der Waals surface area contributed by atoms with Crippen LogP contribution in [0.25, 0.3) is 0 Å². The van der Waals surface area contributed by atoms with Crippen molar-refractivity contribution in [1.82, 2.24) is 10.2 Å². The number of amides is 2. The van der Waals surface area contributed by atoms with E-state index in [1.165, 1.54) is 34.9 Å². The molecule has 0 saturated heterocycles. The third-order valence-corrected chi connectivity index (χ3v) is 7.74. The molecule has 7 heteroatoms. The van der Waals surface area contributed by atoms with E-state index < -0.39 is 6.04 Å². The first-order valence-electron chi connectivity index (χ1n) is 12.1. The molecule has 6 nitrogen and oxygen atoms in total. The SMILES string of the molecule is Cc1ccc(CSC2=Nc3ccccc3C3=N[C@@H](CC(=O)NC4CCCCC4)C(=O)N23)c(C)c1. The summed E-state index contributed by atoms with van der Waals surface area (Å²) in [6.07, 6.45) is 5.65. The summed E-state index contributed by atoms with van der Waals surface area (Å²) in [5.41, 5.74) is 5.31. The lowest BCUT2D eigenvalue weighted by Crippen LogP contribution is -2.43. The van der Waals surface area contributed by atoms with Crippen LogP contribution in [0.4, 0.5) is 5.69 Å². The van der Waals surface area contributed by atoms with Gasteiger partial charge in [0.15, 0.2) is 5.17 Å². The maximum absolute atomic E-state index is 13.4. The Morgan fingerprint density at radius 1 is 1.12 bits per heavy atom. The van der Waals surface area contributed by atoms with Gasteiger partial charge in [0.25, 0.3) is 5.91 Å². The molecule has 2 amide bonds. The topological polar surface area (TPSA) is 74.1 Å². The molecule has 2 heterocycles. The van der Waals surface area contributed by atoms with Gasteiger partial charge < -0.3 is 5.32 Å². The summed E-state index contributed by atoms with van der Waals surface area (Å²) in [5, 5.41) is 3.74. The molecule has 1 atom stereocenters. The number of hydrogen-bond donors (Lipinski definition) is 1. The van der Waals surface area contributed by atoms with E-state index in [2.05, 4.69) is 37.4 Å². The van der Waals surface area contributed by atoms with E-state index in [9.17, 15) is 9.59 Å². The van der Waals surface area contributed by atoms with Gasteiger partial charge in [-0.25, -0.2) is 9.89 Å². The van der Waals surface area contributed by atoms with Crippen molar-refractivity contribution in [2.45, 2.75) is 70.2 Å². The monoisotopic (exact) mass is 474 g/mol. The van der Waals surface area contributed by atoms with E-state index in [0.29, 0.717) is 16.8 Å². The molecule has 1 aliphatic carbocycles. The molecule has 1 fully saturated rings. The highest BCUT2D eigenvalue weighted by Gasteiger charge is 2.42. The number of nitrogens with one attached hydrogen (secondary N) is 1. The second-order valence-electron chi connectivity index (χ2n) is 9.38. The lowest BCUT2D eigenvalue weighted by molar-refractivity contribution is -0.129.